The third kappa shape index (κ3) is 2.07. The van der Waals surface area contributed by atoms with Gasteiger partial charge in [0.15, 0.2) is 5.78 Å². The molecule has 1 aromatic rings. The van der Waals surface area contributed by atoms with Crippen LogP contribution in [0.2, 0.25) is 0 Å². The fraction of sp³-hybridized carbons (Fsp3) is 0.583. The number of Topliss-reactive ketones (excluding diaryl/α,β-unsaturated/α-hetero) is 1. The van der Waals surface area contributed by atoms with Crippen LogP contribution >= 0.6 is 11.3 Å². The van der Waals surface area contributed by atoms with Gasteiger partial charge in [-0.2, -0.15) is 0 Å². The van der Waals surface area contributed by atoms with E-state index < -0.39 is 0 Å². The molecule has 1 aromatic heterocycles. The molecule has 3 N–H and O–H groups in total. The van der Waals surface area contributed by atoms with Crippen LogP contribution in [0.1, 0.15) is 35.4 Å². The van der Waals surface area contributed by atoms with E-state index in [1.165, 1.54) is 24.2 Å². The Morgan fingerprint density at radius 2 is 2.19 bits per heavy atom. The lowest BCUT2D eigenvalue weighted by Crippen LogP contribution is -2.01. The van der Waals surface area contributed by atoms with E-state index in [4.69, 9.17) is 5.73 Å². The zero-order valence-corrected chi connectivity index (χ0v) is 9.98. The highest BCUT2D eigenvalue weighted by Crippen LogP contribution is 2.39. The molecule has 0 saturated heterocycles. The molecular weight excluding hydrogens is 220 g/mol. The number of hydrogen-bond donors (Lipinski definition) is 2. The predicted molar refractivity (Wildman–Crippen MR) is 67.0 cm³/mol. The van der Waals surface area contributed by atoms with Crippen molar-refractivity contribution in [1.82, 2.24) is 0 Å². The summed E-state index contributed by atoms with van der Waals surface area (Å²) in [6, 6.07) is 1.91. The number of anilines is 2. The zero-order chi connectivity index (χ0) is 11.1. The number of thiophene rings is 1. The number of nitrogen functional groups attached to an aromatic ring is 1. The van der Waals surface area contributed by atoms with Crippen molar-refractivity contribution in [2.24, 2.45) is 11.8 Å². The molecule has 2 aliphatic rings. The summed E-state index contributed by atoms with van der Waals surface area (Å²) in [5.74, 6) is 1.35. The van der Waals surface area contributed by atoms with Gasteiger partial charge in [0.05, 0.1) is 15.6 Å². The van der Waals surface area contributed by atoms with Crippen molar-refractivity contribution >= 4 is 27.8 Å². The van der Waals surface area contributed by atoms with Crippen LogP contribution in [0.5, 0.6) is 0 Å². The quantitative estimate of drug-likeness (QED) is 0.773. The molecule has 2 aliphatic carbocycles. The molecule has 86 valence electrons. The second-order valence-electron chi connectivity index (χ2n) is 4.86. The van der Waals surface area contributed by atoms with Crippen LogP contribution in [0, 0.1) is 11.8 Å². The van der Waals surface area contributed by atoms with Gasteiger partial charge in [0.2, 0.25) is 0 Å². The number of nitrogens with two attached hydrogens (primary N) is 1. The van der Waals surface area contributed by atoms with E-state index in [1.54, 1.807) is 0 Å². The third-order valence-corrected chi connectivity index (χ3v) is 4.32. The summed E-state index contributed by atoms with van der Waals surface area (Å²) in [6.45, 7) is 1.02. The number of ketones is 1. The predicted octanol–water partition coefficient (Wildman–Crippen LogP) is 2.74. The van der Waals surface area contributed by atoms with E-state index in [2.05, 4.69) is 5.32 Å². The van der Waals surface area contributed by atoms with Crippen molar-refractivity contribution in [3.8, 4) is 0 Å². The van der Waals surface area contributed by atoms with Crippen molar-refractivity contribution in [2.75, 3.05) is 17.6 Å². The zero-order valence-electron chi connectivity index (χ0n) is 9.16. The minimum absolute atomic E-state index is 0.252. The summed E-state index contributed by atoms with van der Waals surface area (Å²) in [5.41, 5.74) is 6.53. The van der Waals surface area contributed by atoms with Crippen LogP contribution in [0.25, 0.3) is 0 Å². The van der Waals surface area contributed by atoms with E-state index in [0.717, 1.165) is 35.2 Å². The molecule has 0 amide bonds. The summed E-state index contributed by atoms with van der Waals surface area (Å²) in [5, 5.41) is 4.42. The fourth-order valence-electron chi connectivity index (χ4n) is 1.78. The molecular formula is C12H16N2OS. The molecule has 0 bridgehead atoms. The lowest BCUT2D eigenvalue weighted by molar-refractivity contribution is 0.0972. The van der Waals surface area contributed by atoms with Crippen LogP contribution in [0.15, 0.2) is 6.07 Å². The second kappa shape index (κ2) is 3.77. The lowest BCUT2D eigenvalue weighted by Gasteiger charge is -1.99. The Morgan fingerprint density at radius 1 is 1.44 bits per heavy atom. The highest BCUT2D eigenvalue weighted by molar-refractivity contribution is 7.18. The topological polar surface area (TPSA) is 55.1 Å². The summed E-state index contributed by atoms with van der Waals surface area (Å²) in [7, 11) is 0. The first-order chi connectivity index (χ1) is 7.74. The van der Waals surface area contributed by atoms with Gasteiger partial charge in [-0.05, 0) is 37.7 Å². The Morgan fingerprint density at radius 3 is 2.81 bits per heavy atom. The van der Waals surface area contributed by atoms with E-state index >= 15 is 0 Å². The van der Waals surface area contributed by atoms with E-state index in [9.17, 15) is 4.79 Å². The average Bonchev–Trinajstić information content (AvgIpc) is 3.13. The monoisotopic (exact) mass is 236 g/mol. The van der Waals surface area contributed by atoms with E-state index in [-0.39, 0.29) is 11.7 Å². The van der Waals surface area contributed by atoms with Crippen molar-refractivity contribution < 1.29 is 4.79 Å². The van der Waals surface area contributed by atoms with Crippen molar-refractivity contribution in [3.63, 3.8) is 0 Å². The van der Waals surface area contributed by atoms with Crippen LogP contribution in [0.3, 0.4) is 0 Å². The molecule has 16 heavy (non-hydrogen) atoms. The molecule has 0 aromatic carbocycles. The van der Waals surface area contributed by atoms with Crippen molar-refractivity contribution in [1.29, 1.82) is 0 Å². The van der Waals surface area contributed by atoms with Gasteiger partial charge in [-0.25, -0.2) is 0 Å². The summed E-state index contributed by atoms with van der Waals surface area (Å²) in [6.07, 6.45) is 4.76. The smallest absolute Gasteiger partial charge is 0.178 e. The Bertz CT molecular complexity index is 419. The molecule has 4 heteroatoms. The highest BCUT2D eigenvalue weighted by Gasteiger charge is 2.32. The number of rotatable bonds is 5. The summed E-state index contributed by atoms with van der Waals surface area (Å²) < 4.78 is 0. The van der Waals surface area contributed by atoms with Crippen LogP contribution < -0.4 is 11.1 Å². The Labute approximate surface area is 99.0 Å². The van der Waals surface area contributed by atoms with Gasteiger partial charge in [-0.3, -0.25) is 4.79 Å². The second-order valence-corrected chi connectivity index (χ2v) is 5.91. The van der Waals surface area contributed by atoms with E-state index in [0.29, 0.717) is 5.69 Å². The van der Waals surface area contributed by atoms with Crippen molar-refractivity contribution in [2.45, 2.75) is 25.7 Å². The number of nitrogens with one attached hydrogen (secondary N) is 1. The van der Waals surface area contributed by atoms with Crippen LogP contribution in [-0.4, -0.2) is 12.3 Å². The Hall–Kier alpha value is -1.03. The molecule has 0 unspecified atom stereocenters. The number of carbonyl (C=O) groups is 1. The first-order valence-corrected chi connectivity index (χ1v) is 6.73. The molecule has 2 fully saturated rings. The molecule has 2 saturated carbocycles. The van der Waals surface area contributed by atoms with Gasteiger partial charge in [-0.1, -0.05) is 0 Å². The highest BCUT2D eigenvalue weighted by atomic mass is 32.1. The number of hydrogen-bond acceptors (Lipinski definition) is 4. The molecule has 0 radical (unpaired) electrons. The SMILES string of the molecule is Nc1cc(NCC2CC2)sc1C(=O)C1CC1. The maximum atomic E-state index is 11.9. The number of carbonyl (C=O) groups excluding carboxylic acids is 1. The van der Waals surface area contributed by atoms with Gasteiger partial charge in [0, 0.05) is 12.5 Å². The largest absolute Gasteiger partial charge is 0.397 e. The standard InChI is InChI=1S/C12H16N2OS/c13-9-5-10(14-6-7-1-2-7)16-12(9)11(15)8-3-4-8/h5,7-8,14H,1-4,6,13H2. The van der Waals surface area contributed by atoms with Gasteiger partial charge < -0.3 is 11.1 Å². The minimum Gasteiger partial charge on any atom is -0.397 e. The maximum absolute atomic E-state index is 11.9. The molecule has 0 spiro atoms. The molecule has 0 atom stereocenters. The van der Waals surface area contributed by atoms with Crippen LogP contribution in [-0.2, 0) is 0 Å². The molecule has 3 rings (SSSR count). The Balaban J connectivity index is 1.69. The van der Waals surface area contributed by atoms with E-state index in [1.807, 2.05) is 6.07 Å². The normalized spacial score (nSPS) is 19.8. The van der Waals surface area contributed by atoms with Gasteiger partial charge in [0.1, 0.15) is 0 Å². The van der Waals surface area contributed by atoms with Crippen molar-refractivity contribution in [3.05, 3.63) is 10.9 Å². The van der Waals surface area contributed by atoms with Gasteiger partial charge >= 0.3 is 0 Å². The molecule has 0 aliphatic heterocycles. The average molecular weight is 236 g/mol. The molecule has 3 nitrogen and oxygen atoms in total. The molecule has 1 heterocycles. The van der Waals surface area contributed by atoms with Crippen LogP contribution in [0.4, 0.5) is 10.7 Å². The summed E-state index contributed by atoms with van der Waals surface area (Å²) in [4.78, 5) is 12.7. The maximum Gasteiger partial charge on any atom is 0.178 e. The lowest BCUT2D eigenvalue weighted by atomic mass is 10.2. The van der Waals surface area contributed by atoms with Gasteiger partial charge in [-0.15, -0.1) is 11.3 Å². The first-order valence-electron chi connectivity index (χ1n) is 5.91. The first kappa shape index (κ1) is 10.1. The minimum atomic E-state index is 0.252. The van der Waals surface area contributed by atoms with Gasteiger partial charge in [0.25, 0.3) is 0 Å². The Kier molecular flexibility index (Phi) is 2.39. The summed E-state index contributed by atoms with van der Waals surface area (Å²) >= 11 is 1.52. The fourth-order valence-corrected chi connectivity index (χ4v) is 2.79. The third-order valence-electron chi connectivity index (χ3n) is 3.19.